The van der Waals surface area contributed by atoms with Gasteiger partial charge >= 0.3 is 0 Å². The number of nitrogens with zero attached hydrogens (tertiary/aromatic N) is 3. The van der Waals surface area contributed by atoms with Crippen molar-refractivity contribution in [3.8, 4) is 11.4 Å². The molecule has 1 aliphatic rings. The van der Waals surface area contributed by atoms with Gasteiger partial charge in [-0.2, -0.15) is 0 Å². The number of rotatable bonds is 7. The molecule has 1 atom stereocenters. The van der Waals surface area contributed by atoms with Gasteiger partial charge in [0, 0.05) is 39.9 Å². The third-order valence-electron chi connectivity index (χ3n) is 5.45. The van der Waals surface area contributed by atoms with E-state index < -0.39 is 0 Å². The van der Waals surface area contributed by atoms with Crippen LogP contribution in [0.15, 0.2) is 59.9 Å². The summed E-state index contributed by atoms with van der Waals surface area (Å²) in [6.07, 6.45) is 3.98. The summed E-state index contributed by atoms with van der Waals surface area (Å²) < 4.78 is 7.91. The van der Waals surface area contributed by atoms with E-state index in [4.69, 9.17) is 16.3 Å². The third-order valence-corrected chi connectivity index (χ3v) is 6.67. The van der Waals surface area contributed by atoms with Crippen LogP contribution in [0, 0.1) is 0 Å². The predicted octanol–water partition coefficient (Wildman–Crippen LogP) is 5.23. The maximum Gasteiger partial charge on any atom is 0.192 e. The summed E-state index contributed by atoms with van der Waals surface area (Å²) in [5.41, 5.74) is 2.60. The van der Waals surface area contributed by atoms with Crippen LogP contribution in [0.25, 0.3) is 22.3 Å². The van der Waals surface area contributed by atoms with E-state index in [1.165, 1.54) is 11.8 Å². The molecule has 8 heteroatoms. The van der Waals surface area contributed by atoms with E-state index in [0.29, 0.717) is 22.3 Å². The van der Waals surface area contributed by atoms with Gasteiger partial charge in [0.05, 0.1) is 18.4 Å². The molecule has 1 N–H and O–H groups in total. The average Bonchev–Trinajstić information content (AvgIpc) is 3.53. The first-order chi connectivity index (χ1) is 15.2. The molecule has 1 fully saturated rings. The zero-order chi connectivity index (χ0) is 21.2. The summed E-state index contributed by atoms with van der Waals surface area (Å²) in [6, 6.07) is 15.4. The normalized spacial score (nSPS) is 16.2. The molecule has 158 valence electrons. The first-order valence-corrected chi connectivity index (χ1v) is 11.6. The van der Waals surface area contributed by atoms with Gasteiger partial charge in [0.2, 0.25) is 0 Å². The van der Waals surface area contributed by atoms with Gasteiger partial charge < -0.3 is 9.72 Å². The number of H-pyrrole nitrogens is 1. The Morgan fingerprint density at radius 2 is 2.03 bits per heavy atom. The summed E-state index contributed by atoms with van der Waals surface area (Å²) in [6.45, 7) is 1.44. The smallest absolute Gasteiger partial charge is 0.192 e. The molecule has 31 heavy (non-hydrogen) atoms. The first kappa shape index (κ1) is 20.3. The fourth-order valence-electron chi connectivity index (χ4n) is 3.87. The fourth-order valence-corrected chi connectivity index (χ4v) is 4.83. The van der Waals surface area contributed by atoms with E-state index in [0.717, 1.165) is 41.7 Å². The molecule has 1 saturated heterocycles. The molecule has 0 aliphatic carbocycles. The Bertz CT molecular complexity index is 1210. The SMILES string of the molecule is O=C(CSc1nnc(-c2ccc(Cl)cc2)n1C[C@@H]1CCCO1)c1c[nH]c2ccccc12. The van der Waals surface area contributed by atoms with E-state index in [-0.39, 0.29) is 17.6 Å². The number of para-hydroxylation sites is 1. The minimum Gasteiger partial charge on any atom is -0.376 e. The van der Waals surface area contributed by atoms with E-state index in [1.54, 1.807) is 6.20 Å². The Morgan fingerprint density at radius 3 is 2.84 bits per heavy atom. The number of aromatic amines is 1. The number of thioether (sulfide) groups is 1. The third kappa shape index (κ3) is 4.26. The number of hydrogen-bond donors (Lipinski definition) is 1. The highest BCUT2D eigenvalue weighted by atomic mass is 35.5. The number of benzene rings is 2. The van der Waals surface area contributed by atoms with Crippen molar-refractivity contribution >= 4 is 40.0 Å². The van der Waals surface area contributed by atoms with Gasteiger partial charge in [-0.3, -0.25) is 9.36 Å². The number of nitrogens with one attached hydrogen (secondary N) is 1. The van der Waals surface area contributed by atoms with Crippen LogP contribution in [0.1, 0.15) is 23.2 Å². The highest BCUT2D eigenvalue weighted by Crippen LogP contribution is 2.28. The molecule has 4 aromatic rings. The summed E-state index contributed by atoms with van der Waals surface area (Å²) in [7, 11) is 0. The van der Waals surface area contributed by atoms with E-state index in [9.17, 15) is 4.79 Å². The lowest BCUT2D eigenvalue weighted by atomic mass is 10.1. The maximum absolute atomic E-state index is 12.9. The first-order valence-electron chi connectivity index (χ1n) is 10.2. The lowest BCUT2D eigenvalue weighted by molar-refractivity contribution is 0.0953. The number of halogens is 1. The van der Waals surface area contributed by atoms with Crippen LogP contribution in [-0.2, 0) is 11.3 Å². The van der Waals surface area contributed by atoms with Gasteiger partial charge in [-0.05, 0) is 43.2 Å². The molecule has 0 bridgehead atoms. The number of carbonyl (C=O) groups excluding carboxylic acids is 1. The molecule has 5 rings (SSSR count). The van der Waals surface area contributed by atoms with Gasteiger partial charge in [-0.15, -0.1) is 10.2 Å². The highest BCUT2D eigenvalue weighted by molar-refractivity contribution is 7.99. The average molecular weight is 453 g/mol. The zero-order valence-corrected chi connectivity index (χ0v) is 18.3. The standard InChI is InChI=1S/C23H21ClN4O2S/c24-16-9-7-15(8-10-16)22-26-27-23(28(22)13-17-4-3-11-30-17)31-14-21(29)19-12-25-20-6-2-1-5-18(19)20/h1-2,5-10,12,17,25H,3-4,11,13-14H2/t17-/m0/s1. The quantitative estimate of drug-likeness (QED) is 0.307. The second kappa shape index (κ2) is 8.86. The molecule has 2 aromatic heterocycles. The van der Waals surface area contributed by atoms with Crippen LogP contribution in [0.2, 0.25) is 5.02 Å². The van der Waals surface area contributed by atoms with Crippen molar-refractivity contribution in [2.75, 3.05) is 12.4 Å². The van der Waals surface area contributed by atoms with E-state index in [1.807, 2.05) is 48.5 Å². The number of fused-ring (bicyclic) bond motifs is 1. The number of carbonyl (C=O) groups is 1. The number of hydrogen-bond acceptors (Lipinski definition) is 5. The molecule has 0 unspecified atom stereocenters. The fraction of sp³-hybridized carbons (Fsp3) is 0.261. The lowest BCUT2D eigenvalue weighted by Crippen LogP contribution is -2.17. The zero-order valence-electron chi connectivity index (χ0n) is 16.8. The van der Waals surface area contributed by atoms with Gasteiger partial charge in [0.25, 0.3) is 0 Å². The van der Waals surface area contributed by atoms with Crippen molar-refractivity contribution in [3.05, 3.63) is 65.3 Å². The minimum atomic E-state index is 0.0576. The number of ether oxygens (including phenoxy) is 1. The van der Waals surface area contributed by atoms with Crippen LogP contribution in [0.5, 0.6) is 0 Å². The molecule has 6 nitrogen and oxygen atoms in total. The van der Waals surface area contributed by atoms with Crippen LogP contribution in [0.3, 0.4) is 0 Å². The van der Waals surface area contributed by atoms with Crippen LogP contribution >= 0.6 is 23.4 Å². The largest absolute Gasteiger partial charge is 0.376 e. The predicted molar refractivity (Wildman–Crippen MR) is 123 cm³/mol. The Kier molecular flexibility index (Phi) is 5.80. The summed E-state index contributed by atoms with van der Waals surface area (Å²) in [4.78, 5) is 16.1. The number of ketones is 1. The van der Waals surface area contributed by atoms with Crippen molar-refractivity contribution < 1.29 is 9.53 Å². The van der Waals surface area contributed by atoms with Gasteiger partial charge in [0.1, 0.15) is 0 Å². The van der Waals surface area contributed by atoms with Gasteiger partial charge in [-0.25, -0.2) is 0 Å². The number of Topliss-reactive ketones (excluding diaryl/α,β-unsaturated/α-hetero) is 1. The summed E-state index contributed by atoms with van der Waals surface area (Å²) >= 11 is 7.46. The Hall–Kier alpha value is -2.61. The monoisotopic (exact) mass is 452 g/mol. The van der Waals surface area contributed by atoms with Crippen molar-refractivity contribution in [2.45, 2.75) is 30.6 Å². The second-order valence-corrected chi connectivity index (χ2v) is 8.90. The molecular formula is C23H21ClN4O2S. The van der Waals surface area contributed by atoms with Crippen LogP contribution in [0.4, 0.5) is 0 Å². The molecule has 0 amide bonds. The molecule has 0 saturated carbocycles. The summed E-state index contributed by atoms with van der Waals surface area (Å²) in [5, 5.41) is 11.2. The summed E-state index contributed by atoms with van der Waals surface area (Å²) in [5.74, 6) is 1.10. The topological polar surface area (TPSA) is 72.8 Å². The minimum absolute atomic E-state index is 0.0576. The van der Waals surface area contributed by atoms with Crippen molar-refractivity contribution in [1.82, 2.24) is 19.7 Å². The Labute approximate surface area is 189 Å². The molecule has 1 aliphatic heterocycles. The molecule has 2 aromatic carbocycles. The Balaban J connectivity index is 1.40. The Morgan fingerprint density at radius 1 is 1.19 bits per heavy atom. The van der Waals surface area contributed by atoms with Crippen molar-refractivity contribution in [1.29, 1.82) is 0 Å². The van der Waals surface area contributed by atoms with E-state index >= 15 is 0 Å². The molecular weight excluding hydrogens is 432 g/mol. The van der Waals surface area contributed by atoms with Crippen molar-refractivity contribution in [3.63, 3.8) is 0 Å². The van der Waals surface area contributed by atoms with Crippen LogP contribution < -0.4 is 0 Å². The second-order valence-electron chi connectivity index (χ2n) is 7.52. The highest BCUT2D eigenvalue weighted by Gasteiger charge is 2.23. The molecule has 0 spiro atoms. The van der Waals surface area contributed by atoms with E-state index in [2.05, 4.69) is 19.7 Å². The molecule has 3 heterocycles. The lowest BCUT2D eigenvalue weighted by Gasteiger charge is -2.14. The number of aromatic nitrogens is 4. The van der Waals surface area contributed by atoms with Crippen LogP contribution in [-0.4, -0.2) is 44.0 Å². The van der Waals surface area contributed by atoms with Gasteiger partial charge in [0.15, 0.2) is 16.8 Å². The van der Waals surface area contributed by atoms with Gasteiger partial charge in [-0.1, -0.05) is 41.6 Å². The molecule has 0 radical (unpaired) electrons. The maximum atomic E-state index is 12.9. The van der Waals surface area contributed by atoms with Crippen molar-refractivity contribution in [2.24, 2.45) is 0 Å².